The Morgan fingerprint density at radius 3 is 2.12 bits per heavy atom. The van der Waals surface area contributed by atoms with Crippen LogP contribution in [0.5, 0.6) is 0 Å². The van der Waals surface area contributed by atoms with Gasteiger partial charge in [0.05, 0.1) is 0 Å². The molecule has 0 bridgehead atoms. The maximum Gasteiger partial charge on any atom is 0.501 e. The first-order valence-electron chi connectivity index (χ1n) is 5.66. The summed E-state index contributed by atoms with van der Waals surface area (Å²) in [6.07, 6.45) is 0. The molecule has 0 atom stereocenters. The molecule has 0 amide bonds. The topological polar surface area (TPSA) is 39.7 Å². The van der Waals surface area contributed by atoms with Crippen LogP contribution in [0.4, 0.5) is 0 Å². The van der Waals surface area contributed by atoms with Gasteiger partial charge >= 0.3 is 8.80 Å². The summed E-state index contributed by atoms with van der Waals surface area (Å²) in [5, 5.41) is 3.35. The van der Waals surface area contributed by atoms with Gasteiger partial charge in [-0.3, -0.25) is 0 Å². The molecule has 0 aromatic heterocycles. The van der Waals surface area contributed by atoms with Gasteiger partial charge in [-0.25, -0.2) is 0 Å². The summed E-state index contributed by atoms with van der Waals surface area (Å²) in [4.78, 5) is 0. The lowest BCUT2D eigenvalue weighted by molar-refractivity contribution is 0.123. The zero-order valence-corrected chi connectivity index (χ0v) is 11.7. The van der Waals surface area contributed by atoms with Crippen LogP contribution in [0, 0.1) is 0 Å². The fourth-order valence-corrected chi connectivity index (χ4v) is 3.22. The highest BCUT2D eigenvalue weighted by Crippen LogP contribution is 2.11. The largest absolute Gasteiger partial charge is 0.501 e. The molecule has 17 heavy (non-hydrogen) atoms. The third kappa shape index (κ3) is 4.57. The molecule has 0 fully saturated rings. The Hall–Kier alpha value is -0.723. The van der Waals surface area contributed by atoms with Crippen molar-refractivity contribution in [2.24, 2.45) is 0 Å². The summed E-state index contributed by atoms with van der Waals surface area (Å²) in [6.45, 7) is 1.67. The number of rotatable bonds is 8. The van der Waals surface area contributed by atoms with Gasteiger partial charge in [-0.1, -0.05) is 30.3 Å². The van der Waals surface area contributed by atoms with Crippen LogP contribution in [0.15, 0.2) is 30.3 Å². The molecule has 0 unspecified atom stereocenters. The maximum absolute atomic E-state index is 5.34. The van der Waals surface area contributed by atoms with Crippen molar-refractivity contribution in [3.63, 3.8) is 0 Å². The predicted octanol–water partition coefficient (Wildman–Crippen LogP) is 1.65. The van der Waals surface area contributed by atoms with Crippen molar-refractivity contribution in [3.05, 3.63) is 35.9 Å². The Bertz CT molecular complexity index is 296. The molecule has 0 saturated heterocycles. The summed E-state index contributed by atoms with van der Waals surface area (Å²) in [5.41, 5.74) is 1.27. The smallest absolute Gasteiger partial charge is 0.377 e. The van der Waals surface area contributed by atoms with Crippen molar-refractivity contribution < 1.29 is 13.3 Å². The summed E-state index contributed by atoms with van der Waals surface area (Å²) in [5.74, 6) is 0. The van der Waals surface area contributed by atoms with Crippen molar-refractivity contribution in [2.75, 3.05) is 27.9 Å². The lowest BCUT2D eigenvalue weighted by Crippen LogP contribution is -2.44. The SMILES string of the molecule is CO[Si](CCNCc1ccccc1)(OC)OC. The molecule has 0 aliphatic rings. The minimum absolute atomic E-state index is 0.767. The molecule has 0 saturated carbocycles. The molecule has 1 aromatic carbocycles. The second-order valence-corrected chi connectivity index (χ2v) is 6.80. The van der Waals surface area contributed by atoms with Gasteiger partial charge in [0.25, 0.3) is 0 Å². The van der Waals surface area contributed by atoms with Crippen LogP contribution < -0.4 is 5.32 Å². The molecular formula is C12H21NO3Si. The minimum atomic E-state index is -2.42. The van der Waals surface area contributed by atoms with E-state index in [1.54, 1.807) is 21.3 Å². The highest BCUT2D eigenvalue weighted by atomic mass is 28.4. The van der Waals surface area contributed by atoms with Gasteiger partial charge in [0.2, 0.25) is 0 Å². The normalized spacial score (nSPS) is 11.7. The van der Waals surface area contributed by atoms with Crippen LogP contribution in [0.25, 0.3) is 0 Å². The van der Waals surface area contributed by atoms with Crippen LogP contribution in [0.1, 0.15) is 5.56 Å². The Kier molecular flexibility index (Phi) is 6.39. The van der Waals surface area contributed by atoms with Crippen LogP contribution in [-0.4, -0.2) is 36.7 Å². The number of nitrogens with one attached hydrogen (secondary N) is 1. The maximum atomic E-state index is 5.34. The number of hydrogen-bond acceptors (Lipinski definition) is 4. The summed E-state index contributed by atoms with van der Waals surface area (Å²) >= 11 is 0. The molecule has 5 heteroatoms. The first-order valence-corrected chi connectivity index (χ1v) is 7.59. The third-order valence-electron chi connectivity index (χ3n) is 2.71. The van der Waals surface area contributed by atoms with E-state index in [0.717, 1.165) is 19.1 Å². The van der Waals surface area contributed by atoms with Gasteiger partial charge in [-0.05, 0) is 12.1 Å². The molecule has 0 aliphatic carbocycles. The highest BCUT2D eigenvalue weighted by Gasteiger charge is 2.36. The van der Waals surface area contributed by atoms with Crippen molar-refractivity contribution in [1.82, 2.24) is 5.32 Å². The zero-order valence-electron chi connectivity index (χ0n) is 10.7. The Morgan fingerprint density at radius 1 is 1.00 bits per heavy atom. The number of benzene rings is 1. The van der Waals surface area contributed by atoms with Gasteiger partial charge in [-0.2, -0.15) is 0 Å². The average molecular weight is 255 g/mol. The van der Waals surface area contributed by atoms with Gasteiger partial charge < -0.3 is 18.6 Å². The van der Waals surface area contributed by atoms with E-state index in [-0.39, 0.29) is 0 Å². The first kappa shape index (κ1) is 14.3. The number of hydrogen-bond donors (Lipinski definition) is 1. The van der Waals surface area contributed by atoms with E-state index in [2.05, 4.69) is 17.4 Å². The lowest BCUT2D eigenvalue weighted by Gasteiger charge is -2.24. The van der Waals surface area contributed by atoms with E-state index in [0.29, 0.717) is 0 Å². The first-order chi connectivity index (χ1) is 8.26. The van der Waals surface area contributed by atoms with Crippen molar-refractivity contribution >= 4 is 8.80 Å². The molecule has 0 spiro atoms. The lowest BCUT2D eigenvalue weighted by atomic mass is 10.2. The monoisotopic (exact) mass is 255 g/mol. The van der Waals surface area contributed by atoms with E-state index in [1.807, 2.05) is 18.2 Å². The molecule has 0 radical (unpaired) electrons. The molecule has 0 heterocycles. The molecule has 0 aliphatic heterocycles. The Labute approximate surface area is 104 Å². The fraction of sp³-hybridized carbons (Fsp3) is 0.500. The van der Waals surface area contributed by atoms with E-state index >= 15 is 0 Å². The van der Waals surface area contributed by atoms with Gasteiger partial charge in [0.15, 0.2) is 0 Å². The van der Waals surface area contributed by atoms with Crippen LogP contribution >= 0.6 is 0 Å². The van der Waals surface area contributed by atoms with E-state index < -0.39 is 8.80 Å². The predicted molar refractivity (Wildman–Crippen MR) is 69.7 cm³/mol. The summed E-state index contributed by atoms with van der Waals surface area (Å²) in [6, 6.07) is 11.1. The zero-order chi connectivity index (χ0) is 12.6. The third-order valence-corrected chi connectivity index (χ3v) is 5.44. The van der Waals surface area contributed by atoms with Gasteiger partial charge in [-0.15, -0.1) is 0 Å². The van der Waals surface area contributed by atoms with Crippen LogP contribution in [0.3, 0.4) is 0 Å². The molecular weight excluding hydrogens is 234 g/mol. The molecule has 1 rings (SSSR count). The second-order valence-electron chi connectivity index (χ2n) is 3.71. The van der Waals surface area contributed by atoms with Crippen LogP contribution in [-0.2, 0) is 19.8 Å². The van der Waals surface area contributed by atoms with E-state index in [9.17, 15) is 0 Å². The highest BCUT2D eigenvalue weighted by molar-refractivity contribution is 6.60. The summed E-state index contributed by atoms with van der Waals surface area (Å²) < 4.78 is 16.0. The van der Waals surface area contributed by atoms with Crippen LogP contribution in [0.2, 0.25) is 6.04 Å². The van der Waals surface area contributed by atoms with Gasteiger partial charge in [0, 0.05) is 33.9 Å². The Balaban J connectivity index is 2.28. The average Bonchev–Trinajstić information content (AvgIpc) is 2.41. The van der Waals surface area contributed by atoms with Gasteiger partial charge in [0.1, 0.15) is 0 Å². The second kappa shape index (κ2) is 7.57. The minimum Gasteiger partial charge on any atom is -0.377 e. The summed E-state index contributed by atoms with van der Waals surface area (Å²) in [7, 11) is 2.49. The van der Waals surface area contributed by atoms with Crippen molar-refractivity contribution in [1.29, 1.82) is 0 Å². The quantitative estimate of drug-likeness (QED) is 0.566. The molecule has 96 valence electrons. The van der Waals surface area contributed by atoms with Crippen molar-refractivity contribution in [2.45, 2.75) is 12.6 Å². The Morgan fingerprint density at radius 2 is 1.59 bits per heavy atom. The van der Waals surface area contributed by atoms with E-state index in [1.165, 1.54) is 5.56 Å². The van der Waals surface area contributed by atoms with E-state index in [4.69, 9.17) is 13.3 Å². The standard InChI is InChI=1S/C12H21NO3Si/c1-14-17(15-2,16-3)10-9-13-11-12-7-5-4-6-8-12/h4-8,13H,9-11H2,1-3H3. The van der Waals surface area contributed by atoms with Crippen molar-refractivity contribution in [3.8, 4) is 0 Å². The molecule has 4 nitrogen and oxygen atoms in total. The molecule has 1 aromatic rings. The fourth-order valence-electron chi connectivity index (χ4n) is 1.63. The molecule has 1 N–H and O–H groups in total.